The number of carbonyl (C=O) groups excluding carboxylic acids is 2. The molecule has 198 valence electrons. The first-order valence-electron chi connectivity index (χ1n) is 12.6. The number of hydrogen-bond acceptors (Lipinski definition) is 5. The lowest BCUT2D eigenvalue weighted by Gasteiger charge is -2.43. The maximum Gasteiger partial charge on any atom is 0.282 e. The van der Waals surface area contributed by atoms with Crippen LogP contribution >= 0.6 is 23.2 Å². The van der Waals surface area contributed by atoms with Gasteiger partial charge in [-0.1, -0.05) is 23.2 Å². The summed E-state index contributed by atoms with van der Waals surface area (Å²) in [6, 6.07) is 4.49. The summed E-state index contributed by atoms with van der Waals surface area (Å²) in [7, 11) is 0. The van der Waals surface area contributed by atoms with E-state index in [1.54, 1.807) is 17.0 Å². The summed E-state index contributed by atoms with van der Waals surface area (Å²) in [5.74, 6) is -3.46. The molecule has 1 N–H and O–H groups in total. The zero-order valence-electron chi connectivity index (χ0n) is 20.1. The summed E-state index contributed by atoms with van der Waals surface area (Å²) in [6.07, 6.45) is 3.21. The van der Waals surface area contributed by atoms with Gasteiger partial charge in [0.05, 0.1) is 29.2 Å². The largest absolute Gasteiger partial charge is 0.391 e. The standard InChI is InChI=1S/C25H32Cl2F2N4O3/c26-18-2-1-17(13-19(18)27)31-9-4-22(35)33(12-11-31)20(23(36)32-15-25(28,29)16-32)3-8-30-10-7-24(5-6-24)21(34)14-30/h1-2,13,20-21,34H,3-12,14-16H2/t20-,21+/m0/s1. The van der Waals surface area contributed by atoms with E-state index in [9.17, 15) is 23.5 Å². The van der Waals surface area contributed by atoms with Gasteiger partial charge in [-0.05, 0) is 55.8 Å². The van der Waals surface area contributed by atoms with Crippen molar-refractivity contribution >= 4 is 40.7 Å². The summed E-state index contributed by atoms with van der Waals surface area (Å²) in [5, 5.41) is 11.4. The number of likely N-dealkylation sites (tertiary alicyclic amines) is 2. The van der Waals surface area contributed by atoms with E-state index < -0.39 is 31.0 Å². The van der Waals surface area contributed by atoms with Gasteiger partial charge in [0.2, 0.25) is 11.8 Å². The Bertz CT molecular complexity index is 1020. The highest BCUT2D eigenvalue weighted by atomic mass is 35.5. The molecule has 1 aromatic rings. The van der Waals surface area contributed by atoms with Crippen LogP contribution in [0.25, 0.3) is 0 Å². The maximum atomic E-state index is 13.6. The lowest BCUT2D eigenvalue weighted by atomic mass is 9.90. The topological polar surface area (TPSA) is 67.3 Å². The van der Waals surface area contributed by atoms with Crippen LogP contribution in [0, 0.1) is 5.41 Å². The van der Waals surface area contributed by atoms with Crippen LogP contribution in [0.4, 0.5) is 14.5 Å². The number of anilines is 1. The van der Waals surface area contributed by atoms with Crippen LogP contribution in [-0.4, -0.2) is 102 Å². The molecule has 7 nitrogen and oxygen atoms in total. The zero-order chi connectivity index (χ0) is 25.7. The van der Waals surface area contributed by atoms with Crippen molar-refractivity contribution in [2.45, 2.75) is 50.2 Å². The van der Waals surface area contributed by atoms with E-state index in [0.717, 1.165) is 36.4 Å². The van der Waals surface area contributed by atoms with Crippen molar-refractivity contribution < 1.29 is 23.5 Å². The highest BCUT2D eigenvalue weighted by molar-refractivity contribution is 6.42. The van der Waals surface area contributed by atoms with Crippen molar-refractivity contribution in [2.24, 2.45) is 5.41 Å². The number of amides is 2. The fourth-order valence-electron chi connectivity index (χ4n) is 5.73. The Morgan fingerprint density at radius 3 is 2.47 bits per heavy atom. The molecule has 0 aromatic heterocycles. The second kappa shape index (κ2) is 9.89. The molecule has 5 rings (SSSR count). The fourth-order valence-corrected chi connectivity index (χ4v) is 6.02. The van der Waals surface area contributed by atoms with E-state index >= 15 is 0 Å². The number of piperidine rings is 1. The Hall–Kier alpha value is -1.68. The number of benzene rings is 1. The third kappa shape index (κ3) is 5.30. The molecular formula is C25H32Cl2F2N4O3. The molecule has 0 unspecified atom stereocenters. The molecule has 1 spiro atoms. The summed E-state index contributed by atoms with van der Waals surface area (Å²) in [5.41, 5.74) is 0.907. The fraction of sp³-hybridized carbons (Fsp3) is 0.680. The van der Waals surface area contributed by atoms with Crippen molar-refractivity contribution in [3.8, 4) is 0 Å². The first-order chi connectivity index (χ1) is 17.1. The molecule has 2 atom stereocenters. The Balaban J connectivity index is 1.28. The molecule has 3 heterocycles. The van der Waals surface area contributed by atoms with Crippen LogP contribution in [0.1, 0.15) is 32.1 Å². The predicted octanol–water partition coefficient (Wildman–Crippen LogP) is 3.12. The van der Waals surface area contributed by atoms with Gasteiger partial charge in [-0.2, -0.15) is 0 Å². The molecule has 3 aliphatic heterocycles. The quantitative estimate of drug-likeness (QED) is 0.596. The maximum absolute atomic E-state index is 13.6. The Morgan fingerprint density at radius 2 is 1.83 bits per heavy atom. The molecule has 3 saturated heterocycles. The van der Waals surface area contributed by atoms with Gasteiger partial charge in [0.25, 0.3) is 5.92 Å². The number of rotatable bonds is 6. The number of aliphatic hydroxyl groups excluding tert-OH is 1. The number of hydrogen-bond donors (Lipinski definition) is 1. The Morgan fingerprint density at radius 1 is 1.08 bits per heavy atom. The summed E-state index contributed by atoms with van der Waals surface area (Å²) in [6.45, 7) is 1.92. The molecule has 11 heteroatoms. The van der Waals surface area contributed by atoms with E-state index in [4.69, 9.17) is 23.2 Å². The minimum Gasteiger partial charge on any atom is -0.391 e. The number of carbonyl (C=O) groups is 2. The van der Waals surface area contributed by atoms with Crippen molar-refractivity contribution in [3.05, 3.63) is 28.2 Å². The molecule has 4 aliphatic rings. The van der Waals surface area contributed by atoms with Gasteiger partial charge in [-0.3, -0.25) is 9.59 Å². The molecule has 36 heavy (non-hydrogen) atoms. The molecule has 0 bridgehead atoms. The third-order valence-corrected chi connectivity index (χ3v) is 9.03. The summed E-state index contributed by atoms with van der Waals surface area (Å²) >= 11 is 12.2. The third-order valence-electron chi connectivity index (χ3n) is 8.29. The van der Waals surface area contributed by atoms with Crippen molar-refractivity contribution in [1.29, 1.82) is 0 Å². The molecule has 4 fully saturated rings. The number of alkyl halides is 2. The van der Waals surface area contributed by atoms with E-state index in [2.05, 4.69) is 4.90 Å². The lowest BCUT2D eigenvalue weighted by molar-refractivity contribution is -0.172. The lowest BCUT2D eigenvalue weighted by Crippen LogP contribution is -2.63. The van der Waals surface area contributed by atoms with Gasteiger partial charge < -0.3 is 24.7 Å². The van der Waals surface area contributed by atoms with E-state index in [1.165, 1.54) is 0 Å². The summed E-state index contributed by atoms with van der Waals surface area (Å²) in [4.78, 5) is 33.4. The number of β-amino-alcohol motifs (C(OH)–C–C–N with tert-alkyl or cyclic N) is 1. The average molecular weight is 545 g/mol. The van der Waals surface area contributed by atoms with Gasteiger partial charge in [-0.15, -0.1) is 0 Å². The van der Waals surface area contributed by atoms with E-state index in [1.807, 2.05) is 11.0 Å². The van der Waals surface area contributed by atoms with Crippen molar-refractivity contribution in [2.75, 3.05) is 57.3 Å². The average Bonchev–Trinajstić information content (AvgIpc) is 3.62. The van der Waals surface area contributed by atoms with Crippen LogP contribution in [0.3, 0.4) is 0 Å². The molecule has 2 amide bonds. The van der Waals surface area contributed by atoms with Gasteiger partial charge in [0, 0.05) is 44.8 Å². The van der Waals surface area contributed by atoms with Gasteiger partial charge in [-0.25, -0.2) is 8.78 Å². The first kappa shape index (κ1) is 25.9. The SMILES string of the molecule is O=C([C@H](CCN1CCC2(CC2)[C@H](O)C1)N1CCN(c2ccc(Cl)c(Cl)c2)CCC1=O)N1CC(F)(F)C1. The van der Waals surface area contributed by atoms with E-state index in [0.29, 0.717) is 49.2 Å². The highest BCUT2D eigenvalue weighted by Crippen LogP contribution is 2.53. The Labute approximate surface area is 219 Å². The van der Waals surface area contributed by atoms with Crippen LogP contribution in [-0.2, 0) is 9.59 Å². The van der Waals surface area contributed by atoms with Gasteiger partial charge >= 0.3 is 0 Å². The molecule has 1 saturated carbocycles. The van der Waals surface area contributed by atoms with Crippen molar-refractivity contribution in [3.63, 3.8) is 0 Å². The van der Waals surface area contributed by atoms with Crippen molar-refractivity contribution in [1.82, 2.24) is 14.7 Å². The second-order valence-electron chi connectivity index (χ2n) is 10.7. The minimum absolute atomic E-state index is 0.0731. The smallest absolute Gasteiger partial charge is 0.282 e. The number of nitrogens with zero attached hydrogens (tertiary/aromatic N) is 4. The monoisotopic (exact) mass is 544 g/mol. The Kier molecular flexibility index (Phi) is 7.13. The highest BCUT2D eigenvalue weighted by Gasteiger charge is 2.52. The van der Waals surface area contributed by atoms with Gasteiger partial charge in [0.15, 0.2) is 0 Å². The molecule has 0 radical (unpaired) electrons. The van der Waals surface area contributed by atoms with Crippen LogP contribution in [0.5, 0.6) is 0 Å². The predicted molar refractivity (Wildman–Crippen MR) is 134 cm³/mol. The first-order valence-corrected chi connectivity index (χ1v) is 13.4. The minimum atomic E-state index is -2.87. The molecular weight excluding hydrogens is 513 g/mol. The normalized spacial score (nSPS) is 26.5. The molecule has 1 aromatic carbocycles. The number of aliphatic hydroxyl groups is 1. The van der Waals surface area contributed by atoms with E-state index in [-0.39, 0.29) is 23.8 Å². The second-order valence-corrected chi connectivity index (χ2v) is 11.5. The summed E-state index contributed by atoms with van der Waals surface area (Å²) < 4.78 is 27.1. The van der Waals surface area contributed by atoms with Crippen LogP contribution in [0.15, 0.2) is 18.2 Å². The van der Waals surface area contributed by atoms with Gasteiger partial charge in [0.1, 0.15) is 6.04 Å². The van der Waals surface area contributed by atoms with Crippen LogP contribution in [0.2, 0.25) is 10.0 Å². The zero-order valence-corrected chi connectivity index (χ0v) is 21.7. The molecule has 1 aliphatic carbocycles. The number of halogens is 4. The van der Waals surface area contributed by atoms with Crippen LogP contribution < -0.4 is 4.90 Å².